The number of halogens is 1. The second-order valence-electron chi connectivity index (χ2n) is 5.01. The Balaban J connectivity index is 1.96. The summed E-state index contributed by atoms with van der Waals surface area (Å²) in [6.07, 6.45) is 0. The van der Waals surface area contributed by atoms with Crippen molar-refractivity contribution < 1.29 is 4.39 Å². The van der Waals surface area contributed by atoms with Gasteiger partial charge in [-0.05, 0) is 24.6 Å². The van der Waals surface area contributed by atoms with Gasteiger partial charge in [-0.3, -0.25) is 4.79 Å². The van der Waals surface area contributed by atoms with Crippen LogP contribution in [0, 0.1) is 12.7 Å². The van der Waals surface area contributed by atoms with Crippen molar-refractivity contribution in [2.24, 2.45) is 0 Å². The van der Waals surface area contributed by atoms with Crippen LogP contribution in [0.3, 0.4) is 0 Å². The molecule has 2 N–H and O–H groups in total. The van der Waals surface area contributed by atoms with Gasteiger partial charge in [0.05, 0.1) is 10.9 Å². The lowest BCUT2D eigenvalue weighted by molar-refractivity contribution is 0.628. The average Bonchev–Trinajstić information content (AvgIpc) is 2.49. The number of hydrogen-bond donors (Lipinski definition) is 1. The molecule has 1 aromatic heterocycles. The fraction of sp³-hybridized carbons (Fsp3) is 0.125. The molecule has 3 rings (SSSR count). The molecule has 0 aliphatic carbocycles. The molecule has 0 aliphatic heterocycles. The molecule has 6 heteroatoms. The topological polar surface area (TPSA) is 60.9 Å². The van der Waals surface area contributed by atoms with Crippen molar-refractivity contribution in [3.8, 4) is 0 Å². The first-order valence-corrected chi connectivity index (χ1v) is 7.69. The molecule has 0 aliphatic rings. The van der Waals surface area contributed by atoms with Gasteiger partial charge in [0.15, 0.2) is 5.16 Å². The predicted molar refractivity (Wildman–Crippen MR) is 86.9 cm³/mol. The molecule has 0 atom stereocenters. The van der Waals surface area contributed by atoms with Gasteiger partial charge >= 0.3 is 0 Å². The fourth-order valence-corrected chi connectivity index (χ4v) is 3.06. The summed E-state index contributed by atoms with van der Waals surface area (Å²) >= 11 is 1.35. The average molecular weight is 315 g/mol. The summed E-state index contributed by atoms with van der Waals surface area (Å²) in [6.45, 7) is 2.02. The van der Waals surface area contributed by atoms with Crippen LogP contribution in [0.15, 0.2) is 52.4 Å². The van der Waals surface area contributed by atoms with E-state index in [1.807, 2.05) is 25.1 Å². The zero-order valence-corrected chi connectivity index (χ0v) is 12.7. The summed E-state index contributed by atoms with van der Waals surface area (Å²) in [6, 6.07) is 11.9. The molecular formula is C16H14FN3OS. The minimum atomic E-state index is -0.427. The van der Waals surface area contributed by atoms with E-state index in [-0.39, 0.29) is 5.56 Å². The van der Waals surface area contributed by atoms with Gasteiger partial charge in [0.1, 0.15) is 5.82 Å². The van der Waals surface area contributed by atoms with Gasteiger partial charge < -0.3 is 5.84 Å². The monoisotopic (exact) mass is 315 g/mol. The number of nitrogens with two attached hydrogens (primary N) is 1. The number of nitrogen functional groups attached to an aromatic ring is 1. The molecule has 0 amide bonds. The number of thioether (sulfide) groups is 1. The van der Waals surface area contributed by atoms with Crippen LogP contribution in [0.4, 0.5) is 4.39 Å². The van der Waals surface area contributed by atoms with Crippen molar-refractivity contribution in [3.63, 3.8) is 0 Å². The Hall–Kier alpha value is -2.34. The fourth-order valence-electron chi connectivity index (χ4n) is 2.20. The van der Waals surface area contributed by atoms with Crippen molar-refractivity contribution in [1.82, 2.24) is 9.66 Å². The first-order chi connectivity index (χ1) is 10.5. The highest BCUT2D eigenvalue weighted by Crippen LogP contribution is 2.21. The van der Waals surface area contributed by atoms with E-state index in [2.05, 4.69) is 11.1 Å². The lowest BCUT2D eigenvalue weighted by Gasteiger charge is -2.08. The van der Waals surface area contributed by atoms with Crippen LogP contribution in [0.1, 0.15) is 11.1 Å². The number of benzene rings is 2. The van der Waals surface area contributed by atoms with Crippen LogP contribution in [0.25, 0.3) is 10.9 Å². The van der Waals surface area contributed by atoms with E-state index in [1.54, 1.807) is 0 Å². The molecule has 0 saturated carbocycles. The summed E-state index contributed by atoms with van der Waals surface area (Å²) in [7, 11) is 0. The zero-order chi connectivity index (χ0) is 15.7. The summed E-state index contributed by atoms with van der Waals surface area (Å²) in [5, 5.41) is 0.674. The van der Waals surface area contributed by atoms with E-state index < -0.39 is 5.82 Å². The van der Waals surface area contributed by atoms with E-state index >= 15 is 0 Å². The largest absolute Gasteiger partial charge is 0.334 e. The third-order valence-electron chi connectivity index (χ3n) is 3.28. The van der Waals surface area contributed by atoms with Gasteiger partial charge in [0.25, 0.3) is 5.56 Å². The van der Waals surface area contributed by atoms with Gasteiger partial charge in [-0.25, -0.2) is 14.1 Å². The quantitative estimate of drug-likeness (QED) is 0.459. The maximum atomic E-state index is 13.3. The third-order valence-corrected chi connectivity index (χ3v) is 4.31. The minimum Gasteiger partial charge on any atom is -0.334 e. The number of rotatable bonds is 3. The van der Waals surface area contributed by atoms with Crippen molar-refractivity contribution in [2.45, 2.75) is 17.8 Å². The molecule has 0 fully saturated rings. The minimum absolute atomic E-state index is 0.309. The van der Waals surface area contributed by atoms with Crippen LogP contribution in [-0.2, 0) is 5.75 Å². The predicted octanol–water partition coefficient (Wildman–Crippen LogP) is 2.85. The SMILES string of the molecule is Cc1cccc(CSc2nc3cc(F)ccc3c(=O)n2N)c1. The highest BCUT2D eigenvalue weighted by Gasteiger charge is 2.10. The van der Waals surface area contributed by atoms with E-state index in [4.69, 9.17) is 5.84 Å². The van der Waals surface area contributed by atoms with E-state index in [1.165, 1.54) is 30.0 Å². The Kier molecular flexibility index (Phi) is 3.85. The maximum Gasteiger partial charge on any atom is 0.280 e. The van der Waals surface area contributed by atoms with Crippen LogP contribution in [0.5, 0.6) is 0 Å². The van der Waals surface area contributed by atoms with Crippen LogP contribution >= 0.6 is 11.8 Å². The molecule has 1 heterocycles. The van der Waals surface area contributed by atoms with Gasteiger partial charge in [0, 0.05) is 11.8 Å². The zero-order valence-electron chi connectivity index (χ0n) is 11.9. The molecule has 0 bridgehead atoms. The van der Waals surface area contributed by atoms with Crippen molar-refractivity contribution in [3.05, 3.63) is 69.8 Å². The smallest absolute Gasteiger partial charge is 0.280 e. The van der Waals surface area contributed by atoms with Crippen molar-refractivity contribution in [2.75, 3.05) is 5.84 Å². The first-order valence-electron chi connectivity index (χ1n) is 6.70. The van der Waals surface area contributed by atoms with Gasteiger partial charge in [0.2, 0.25) is 0 Å². The molecule has 3 aromatic rings. The maximum absolute atomic E-state index is 13.3. The third kappa shape index (κ3) is 2.82. The molecule has 0 saturated heterocycles. The van der Waals surface area contributed by atoms with Gasteiger partial charge in [-0.2, -0.15) is 0 Å². The van der Waals surface area contributed by atoms with E-state index in [0.717, 1.165) is 15.8 Å². The summed E-state index contributed by atoms with van der Waals surface area (Å²) in [5.41, 5.74) is 2.21. The Morgan fingerprint density at radius 3 is 2.86 bits per heavy atom. The molecule has 4 nitrogen and oxygen atoms in total. The summed E-state index contributed by atoms with van der Waals surface area (Å²) < 4.78 is 14.3. The second-order valence-corrected chi connectivity index (χ2v) is 5.95. The molecule has 112 valence electrons. The van der Waals surface area contributed by atoms with E-state index in [0.29, 0.717) is 21.8 Å². The van der Waals surface area contributed by atoms with Gasteiger partial charge in [-0.15, -0.1) is 0 Å². The number of fused-ring (bicyclic) bond motifs is 1. The number of aromatic nitrogens is 2. The molecular weight excluding hydrogens is 301 g/mol. The second kappa shape index (κ2) is 5.81. The first kappa shape index (κ1) is 14.6. The lowest BCUT2D eigenvalue weighted by atomic mass is 10.2. The van der Waals surface area contributed by atoms with Crippen molar-refractivity contribution in [1.29, 1.82) is 0 Å². The Morgan fingerprint density at radius 1 is 1.27 bits per heavy atom. The summed E-state index contributed by atoms with van der Waals surface area (Å²) in [4.78, 5) is 16.5. The molecule has 22 heavy (non-hydrogen) atoms. The van der Waals surface area contributed by atoms with Crippen LogP contribution in [0.2, 0.25) is 0 Å². The number of nitrogens with zero attached hydrogens (tertiary/aromatic N) is 2. The Labute approximate surface area is 130 Å². The van der Waals surface area contributed by atoms with Crippen LogP contribution in [-0.4, -0.2) is 9.66 Å². The Morgan fingerprint density at radius 2 is 2.09 bits per heavy atom. The number of hydrogen-bond acceptors (Lipinski definition) is 4. The van der Waals surface area contributed by atoms with E-state index in [9.17, 15) is 9.18 Å². The van der Waals surface area contributed by atoms with Crippen LogP contribution < -0.4 is 11.4 Å². The normalized spacial score (nSPS) is 11.0. The highest BCUT2D eigenvalue weighted by atomic mass is 32.2. The van der Waals surface area contributed by atoms with Gasteiger partial charge in [-0.1, -0.05) is 41.6 Å². The molecule has 0 unspecified atom stereocenters. The standard InChI is InChI=1S/C16H14FN3OS/c1-10-3-2-4-11(7-10)9-22-16-19-14-8-12(17)5-6-13(14)15(21)20(16)18/h2-8H,9,18H2,1H3. The van der Waals surface area contributed by atoms with Crippen molar-refractivity contribution >= 4 is 22.7 Å². The molecule has 2 aromatic carbocycles. The lowest BCUT2D eigenvalue weighted by Crippen LogP contribution is -2.29. The summed E-state index contributed by atoms with van der Waals surface area (Å²) in [5.74, 6) is 6.01. The number of aryl methyl sites for hydroxylation is 1. The Bertz CT molecular complexity index is 908. The molecule has 0 spiro atoms. The highest BCUT2D eigenvalue weighted by molar-refractivity contribution is 7.98. The molecule has 0 radical (unpaired) electrons.